The Hall–Kier alpha value is -2.01. The summed E-state index contributed by atoms with van der Waals surface area (Å²) < 4.78 is 31.1. The Balaban J connectivity index is 2.20. The molecule has 1 heterocycles. The van der Waals surface area contributed by atoms with Gasteiger partial charge in [-0.3, -0.25) is 4.79 Å². The summed E-state index contributed by atoms with van der Waals surface area (Å²) in [5.41, 5.74) is -0.0616. The van der Waals surface area contributed by atoms with E-state index in [1.54, 1.807) is 24.1 Å². The van der Waals surface area contributed by atoms with Crippen LogP contribution in [0.5, 0.6) is 5.75 Å². The van der Waals surface area contributed by atoms with E-state index in [0.29, 0.717) is 11.1 Å². The zero-order chi connectivity index (χ0) is 20.7. The zero-order valence-electron chi connectivity index (χ0n) is 15.3. The third kappa shape index (κ3) is 3.41. The number of benzene rings is 2. The molecule has 28 heavy (non-hydrogen) atoms. The number of likely N-dealkylation sites (N-methyl/N-ethyl adjacent to an activating group) is 1. The third-order valence-corrected chi connectivity index (χ3v) is 6.67. The first-order chi connectivity index (χ1) is 13.1. The molecule has 0 spiro atoms. The molecule has 1 aliphatic heterocycles. The number of hydrogen-bond donors (Lipinski definition) is 1. The van der Waals surface area contributed by atoms with Crippen molar-refractivity contribution in [2.75, 3.05) is 21.1 Å². The summed E-state index contributed by atoms with van der Waals surface area (Å²) in [5, 5.41) is 2.97. The molecule has 1 N–H and O–H groups in total. The van der Waals surface area contributed by atoms with Gasteiger partial charge < -0.3 is 14.4 Å². The van der Waals surface area contributed by atoms with Crippen molar-refractivity contribution < 1.29 is 17.4 Å². The topological polar surface area (TPSA) is 79.0 Å². The summed E-state index contributed by atoms with van der Waals surface area (Å²) in [6, 6.07) is 13.7. The lowest BCUT2D eigenvalue weighted by Crippen LogP contribution is -2.46. The summed E-state index contributed by atoms with van der Waals surface area (Å²) in [4.78, 5) is 14.8. The Kier molecular flexibility index (Phi) is 5.50. The van der Waals surface area contributed by atoms with Crippen LogP contribution in [-0.2, 0) is 20.6 Å². The molecule has 10 heteroatoms. The molecule has 1 amide bonds. The van der Waals surface area contributed by atoms with Crippen molar-refractivity contribution in [3.63, 3.8) is 0 Å². The molecule has 2 aromatic carbocycles. The van der Waals surface area contributed by atoms with E-state index in [1.165, 1.54) is 26.2 Å². The summed E-state index contributed by atoms with van der Waals surface area (Å²) in [6.07, 6.45) is 0. The second-order valence-electron chi connectivity index (χ2n) is 6.39. The Labute approximate surface area is 177 Å². The fourth-order valence-electron chi connectivity index (χ4n) is 3.07. The molecule has 7 nitrogen and oxygen atoms in total. The van der Waals surface area contributed by atoms with Crippen molar-refractivity contribution in [2.24, 2.45) is 0 Å². The number of nitrogens with one attached hydrogen (secondary N) is 1. The van der Waals surface area contributed by atoms with Crippen LogP contribution < -0.4 is 9.50 Å². The van der Waals surface area contributed by atoms with E-state index < -0.39 is 15.8 Å². The molecular formula is C18H18BrN3O4S2. The van der Waals surface area contributed by atoms with E-state index in [-0.39, 0.29) is 16.8 Å². The summed E-state index contributed by atoms with van der Waals surface area (Å²) in [6.45, 7) is 0. The van der Waals surface area contributed by atoms with Gasteiger partial charge >= 0.3 is 10.3 Å². The molecule has 1 saturated heterocycles. The molecule has 2 aromatic rings. The van der Waals surface area contributed by atoms with Gasteiger partial charge in [0.2, 0.25) is 0 Å². The van der Waals surface area contributed by atoms with E-state index in [4.69, 9.17) is 16.4 Å². The average Bonchev–Trinajstić information content (AvgIpc) is 2.84. The number of thiocarbonyl (C=S) groups is 1. The number of amides is 1. The van der Waals surface area contributed by atoms with Gasteiger partial charge in [0.25, 0.3) is 5.91 Å². The minimum absolute atomic E-state index is 0.0968. The molecule has 0 saturated carbocycles. The number of hydrogen-bond acceptors (Lipinski definition) is 5. The molecule has 148 valence electrons. The maximum absolute atomic E-state index is 13.1. The molecule has 1 unspecified atom stereocenters. The average molecular weight is 484 g/mol. The van der Waals surface area contributed by atoms with Crippen molar-refractivity contribution in [2.45, 2.75) is 5.54 Å². The van der Waals surface area contributed by atoms with Crippen molar-refractivity contribution >= 4 is 49.5 Å². The van der Waals surface area contributed by atoms with Crippen LogP contribution in [0.25, 0.3) is 0 Å². The minimum atomic E-state index is -3.93. The van der Waals surface area contributed by atoms with Crippen LogP contribution in [-0.4, -0.2) is 49.8 Å². The molecule has 1 atom stereocenters. The van der Waals surface area contributed by atoms with E-state index >= 15 is 0 Å². The zero-order valence-corrected chi connectivity index (χ0v) is 18.6. The maximum atomic E-state index is 13.1. The van der Waals surface area contributed by atoms with Gasteiger partial charge in [0, 0.05) is 25.6 Å². The first-order valence-corrected chi connectivity index (χ1v) is 10.7. The van der Waals surface area contributed by atoms with Gasteiger partial charge in [0.05, 0.1) is 0 Å². The highest BCUT2D eigenvalue weighted by Gasteiger charge is 2.52. The predicted molar refractivity (Wildman–Crippen MR) is 113 cm³/mol. The molecule has 0 aromatic heterocycles. The van der Waals surface area contributed by atoms with E-state index in [1.807, 2.05) is 24.3 Å². The smallest absolute Gasteiger partial charge is 0.371 e. The Morgan fingerprint density at radius 2 is 1.75 bits per heavy atom. The van der Waals surface area contributed by atoms with Crippen LogP contribution in [0.2, 0.25) is 0 Å². The SMILES string of the molecule is CN1C(=S)NC(=O)C1(c1cccc(Br)c1)c1cccc(OS(=O)(=O)N(C)C)c1. The number of carbonyl (C=O) groups is 1. The molecule has 1 fully saturated rings. The van der Waals surface area contributed by atoms with Crippen LogP contribution in [0.3, 0.4) is 0 Å². The quantitative estimate of drug-likeness (QED) is 0.656. The monoisotopic (exact) mass is 483 g/mol. The Morgan fingerprint density at radius 1 is 1.14 bits per heavy atom. The van der Waals surface area contributed by atoms with E-state index in [9.17, 15) is 13.2 Å². The van der Waals surface area contributed by atoms with Gasteiger partial charge in [-0.25, -0.2) is 0 Å². The number of carbonyl (C=O) groups excluding carboxylic acids is 1. The fourth-order valence-corrected chi connectivity index (χ4v) is 4.20. The van der Waals surface area contributed by atoms with Crippen LogP contribution in [0.1, 0.15) is 11.1 Å². The predicted octanol–water partition coefficient (Wildman–Crippen LogP) is 2.22. The van der Waals surface area contributed by atoms with Crippen LogP contribution in [0.4, 0.5) is 0 Å². The Morgan fingerprint density at radius 3 is 2.29 bits per heavy atom. The molecule has 0 aliphatic carbocycles. The third-order valence-electron chi connectivity index (χ3n) is 4.50. The molecule has 1 aliphatic rings. The first-order valence-electron chi connectivity index (χ1n) is 8.17. The van der Waals surface area contributed by atoms with Gasteiger partial charge in [-0.1, -0.05) is 40.2 Å². The van der Waals surface area contributed by atoms with Gasteiger partial charge in [0.1, 0.15) is 5.75 Å². The van der Waals surface area contributed by atoms with Crippen molar-refractivity contribution in [3.8, 4) is 5.75 Å². The molecule has 0 bridgehead atoms. The highest BCUT2D eigenvalue weighted by atomic mass is 79.9. The lowest BCUT2D eigenvalue weighted by atomic mass is 9.81. The lowest BCUT2D eigenvalue weighted by Gasteiger charge is -2.35. The molecule has 3 rings (SSSR count). The lowest BCUT2D eigenvalue weighted by molar-refractivity contribution is -0.124. The van der Waals surface area contributed by atoms with E-state index in [2.05, 4.69) is 21.2 Å². The van der Waals surface area contributed by atoms with Crippen molar-refractivity contribution in [1.82, 2.24) is 14.5 Å². The number of rotatable bonds is 5. The second kappa shape index (κ2) is 7.43. The highest BCUT2D eigenvalue weighted by molar-refractivity contribution is 9.10. The highest BCUT2D eigenvalue weighted by Crippen LogP contribution is 2.40. The summed E-state index contributed by atoms with van der Waals surface area (Å²) >= 11 is 8.74. The molecular weight excluding hydrogens is 466 g/mol. The van der Waals surface area contributed by atoms with Gasteiger partial charge in [-0.05, 0) is 47.6 Å². The fraction of sp³-hybridized carbons (Fsp3) is 0.222. The van der Waals surface area contributed by atoms with Crippen LogP contribution in [0.15, 0.2) is 53.0 Å². The van der Waals surface area contributed by atoms with Crippen molar-refractivity contribution in [3.05, 3.63) is 64.1 Å². The summed E-state index contributed by atoms with van der Waals surface area (Å²) in [5.74, 6) is -0.231. The maximum Gasteiger partial charge on any atom is 0.384 e. The van der Waals surface area contributed by atoms with Crippen LogP contribution >= 0.6 is 28.1 Å². The summed E-state index contributed by atoms with van der Waals surface area (Å²) in [7, 11) is 0.527. The second-order valence-corrected chi connectivity index (χ2v) is 9.45. The normalized spacial score (nSPS) is 19.8. The first kappa shape index (κ1) is 20.7. The standard InChI is InChI=1S/C18H18BrN3O4S2/c1-21(2)28(24,25)26-15-9-5-7-13(11-15)18(12-6-4-8-14(19)10-12)16(23)20-17(27)22(18)3/h4-11H,1-3H3,(H,20,23,27). The number of nitrogens with zero attached hydrogens (tertiary/aromatic N) is 2. The van der Waals surface area contributed by atoms with Crippen LogP contribution in [0, 0.1) is 0 Å². The van der Waals surface area contributed by atoms with Gasteiger partial charge in [0.15, 0.2) is 10.7 Å². The molecule has 0 radical (unpaired) electrons. The van der Waals surface area contributed by atoms with Crippen molar-refractivity contribution in [1.29, 1.82) is 0 Å². The largest absolute Gasteiger partial charge is 0.384 e. The van der Waals surface area contributed by atoms with Gasteiger partial charge in [-0.2, -0.15) is 12.7 Å². The minimum Gasteiger partial charge on any atom is -0.371 e. The van der Waals surface area contributed by atoms with E-state index in [0.717, 1.165) is 8.78 Å². The number of halogens is 1. The Bertz CT molecular complexity index is 1060. The van der Waals surface area contributed by atoms with Gasteiger partial charge in [-0.15, -0.1) is 0 Å².